The Morgan fingerprint density at radius 1 is 1.11 bits per heavy atom. The largest absolute Gasteiger partial charge is 0.490 e. The Morgan fingerprint density at radius 3 is 2.48 bits per heavy atom. The molecular formula is C20H19ClN2O3S. The summed E-state index contributed by atoms with van der Waals surface area (Å²) < 4.78 is 5.57. The molecule has 7 heteroatoms. The van der Waals surface area contributed by atoms with Gasteiger partial charge in [0.2, 0.25) is 0 Å². The highest BCUT2D eigenvalue weighted by Gasteiger charge is 2.34. The van der Waals surface area contributed by atoms with Crippen molar-refractivity contribution in [1.82, 2.24) is 4.90 Å². The molecule has 0 aliphatic carbocycles. The Hall–Kier alpha value is -2.44. The Balaban J connectivity index is 1.63. The normalized spacial score (nSPS) is 15.5. The second kappa shape index (κ2) is 8.50. The molecule has 2 amide bonds. The number of hydrogen-bond donors (Lipinski definition) is 0. The average Bonchev–Trinajstić information content (AvgIpc) is 2.91. The summed E-state index contributed by atoms with van der Waals surface area (Å²) >= 11 is 6.98. The molecule has 1 aliphatic heterocycles. The lowest BCUT2D eigenvalue weighted by molar-refractivity contribution is -0.123. The first-order valence-electron chi connectivity index (χ1n) is 8.36. The molecule has 1 fully saturated rings. The van der Waals surface area contributed by atoms with Crippen molar-refractivity contribution in [3.63, 3.8) is 0 Å². The number of thioether (sulfide) groups is 1. The van der Waals surface area contributed by atoms with Crippen molar-refractivity contribution in [3.8, 4) is 5.75 Å². The van der Waals surface area contributed by atoms with E-state index in [0.717, 1.165) is 23.0 Å². The van der Waals surface area contributed by atoms with Crippen LogP contribution in [0.3, 0.4) is 0 Å². The van der Waals surface area contributed by atoms with E-state index in [1.165, 1.54) is 4.90 Å². The lowest BCUT2D eigenvalue weighted by Crippen LogP contribution is -2.32. The number of anilines is 1. The molecule has 0 unspecified atom stereocenters. The van der Waals surface area contributed by atoms with E-state index in [0.29, 0.717) is 15.7 Å². The van der Waals surface area contributed by atoms with Crippen molar-refractivity contribution in [3.05, 3.63) is 64.0 Å². The van der Waals surface area contributed by atoms with Gasteiger partial charge in [0, 0.05) is 19.8 Å². The first-order valence-corrected chi connectivity index (χ1v) is 9.55. The number of carbonyl (C=O) groups is 2. The van der Waals surface area contributed by atoms with Crippen LogP contribution in [0.15, 0.2) is 53.4 Å². The highest BCUT2D eigenvalue weighted by Crippen LogP contribution is 2.32. The van der Waals surface area contributed by atoms with E-state index >= 15 is 0 Å². The minimum Gasteiger partial charge on any atom is -0.490 e. The Morgan fingerprint density at radius 2 is 1.81 bits per heavy atom. The van der Waals surface area contributed by atoms with Crippen LogP contribution in [0.5, 0.6) is 5.75 Å². The van der Waals surface area contributed by atoms with Gasteiger partial charge in [-0.25, -0.2) is 0 Å². The number of benzene rings is 2. The number of hydrogen-bond acceptors (Lipinski definition) is 5. The van der Waals surface area contributed by atoms with Crippen molar-refractivity contribution in [1.29, 1.82) is 0 Å². The first kappa shape index (κ1) is 19.3. The van der Waals surface area contributed by atoms with E-state index in [4.69, 9.17) is 16.3 Å². The number of halogens is 1. The van der Waals surface area contributed by atoms with E-state index in [9.17, 15) is 9.59 Å². The number of nitrogens with zero attached hydrogens (tertiary/aromatic N) is 2. The molecule has 0 spiro atoms. The van der Waals surface area contributed by atoms with Gasteiger partial charge in [0.05, 0.1) is 16.5 Å². The van der Waals surface area contributed by atoms with Gasteiger partial charge in [0.1, 0.15) is 12.4 Å². The molecule has 2 aromatic rings. The summed E-state index contributed by atoms with van der Waals surface area (Å²) in [6.45, 7) is 0.360. The average molecular weight is 403 g/mol. The highest BCUT2D eigenvalue weighted by atomic mass is 35.5. The summed E-state index contributed by atoms with van der Waals surface area (Å²) in [7, 11) is 3.93. The van der Waals surface area contributed by atoms with E-state index in [1.807, 2.05) is 55.4 Å². The van der Waals surface area contributed by atoms with Crippen LogP contribution in [0.2, 0.25) is 5.02 Å². The van der Waals surface area contributed by atoms with Gasteiger partial charge in [-0.1, -0.05) is 35.9 Å². The standard InChI is InChI=1S/C20H19ClN2O3S/c1-22(2)15-9-7-14(8-10-15)13-18-19(24)23(20(25)27-18)11-12-26-17-6-4-3-5-16(17)21/h3-10,13H,11-12H2,1-2H3/b18-13-. The Labute approximate surface area is 167 Å². The van der Waals surface area contributed by atoms with Gasteiger partial charge >= 0.3 is 0 Å². The molecule has 1 aliphatic rings. The molecule has 1 heterocycles. The molecule has 27 heavy (non-hydrogen) atoms. The molecule has 0 saturated carbocycles. The van der Waals surface area contributed by atoms with Crippen LogP contribution in [0.4, 0.5) is 10.5 Å². The lowest BCUT2D eigenvalue weighted by atomic mass is 10.2. The summed E-state index contributed by atoms with van der Waals surface area (Å²) in [4.78, 5) is 28.3. The molecule has 2 aromatic carbocycles. The maximum absolute atomic E-state index is 12.5. The molecule has 0 atom stereocenters. The van der Waals surface area contributed by atoms with Crippen LogP contribution >= 0.6 is 23.4 Å². The van der Waals surface area contributed by atoms with Crippen molar-refractivity contribution >= 4 is 46.3 Å². The van der Waals surface area contributed by atoms with Gasteiger partial charge in [-0.15, -0.1) is 0 Å². The van der Waals surface area contributed by atoms with Gasteiger partial charge in [-0.05, 0) is 47.7 Å². The number of ether oxygens (including phenoxy) is 1. The van der Waals surface area contributed by atoms with E-state index in [-0.39, 0.29) is 24.3 Å². The third-order valence-electron chi connectivity index (χ3n) is 3.99. The third-order valence-corrected chi connectivity index (χ3v) is 5.21. The molecule has 0 N–H and O–H groups in total. The molecular weight excluding hydrogens is 384 g/mol. The number of imide groups is 1. The predicted octanol–water partition coefficient (Wildman–Crippen LogP) is 4.52. The number of carbonyl (C=O) groups excluding carboxylic acids is 2. The van der Waals surface area contributed by atoms with Crippen molar-refractivity contribution in [2.45, 2.75) is 0 Å². The molecule has 0 bridgehead atoms. The van der Waals surface area contributed by atoms with Gasteiger partial charge < -0.3 is 9.64 Å². The summed E-state index contributed by atoms with van der Waals surface area (Å²) in [5, 5.41) is 0.201. The summed E-state index contributed by atoms with van der Waals surface area (Å²) in [5.41, 5.74) is 1.94. The highest BCUT2D eigenvalue weighted by molar-refractivity contribution is 8.18. The van der Waals surface area contributed by atoms with E-state index < -0.39 is 0 Å². The maximum atomic E-state index is 12.5. The Kier molecular flexibility index (Phi) is 6.08. The molecule has 0 radical (unpaired) electrons. The second-order valence-electron chi connectivity index (χ2n) is 6.10. The SMILES string of the molecule is CN(C)c1ccc(/C=C2\SC(=O)N(CCOc3ccccc3Cl)C2=O)cc1. The quantitative estimate of drug-likeness (QED) is 0.665. The van der Waals surface area contributed by atoms with Crippen LogP contribution in [0.1, 0.15) is 5.56 Å². The summed E-state index contributed by atoms with van der Waals surface area (Å²) in [5.74, 6) is 0.229. The minimum atomic E-state index is -0.301. The fourth-order valence-corrected chi connectivity index (χ4v) is 3.58. The third kappa shape index (κ3) is 4.64. The zero-order valence-electron chi connectivity index (χ0n) is 15.0. The lowest BCUT2D eigenvalue weighted by Gasteiger charge is -2.13. The zero-order chi connectivity index (χ0) is 19.4. The molecule has 5 nitrogen and oxygen atoms in total. The smallest absolute Gasteiger partial charge is 0.293 e. The molecule has 0 aromatic heterocycles. The van der Waals surface area contributed by atoms with Crippen molar-refractivity contribution in [2.24, 2.45) is 0 Å². The number of rotatable bonds is 6. The zero-order valence-corrected chi connectivity index (χ0v) is 16.6. The van der Waals surface area contributed by atoms with E-state index in [2.05, 4.69) is 0 Å². The van der Waals surface area contributed by atoms with Crippen LogP contribution in [-0.4, -0.2) is 43.3 Å². The van der Waals surface area contributed by atoms with Gasteiger partial charge in [0.15, 0.2) is 0 Å². The van der Waals surface area contributed by atoms with Crippen LogP contribution in [0, 0.1) is 0 Å². The molecule has 140 valence electrons. The summed E-state index contributed by atoms with van der Waals surface area (Å²) in [6, 6.07) is 14.9. The number of amides is 2. The van der Waals surface area contributed by atoms with Gasteiger partial charge in [0.25, 0.3) is 11.1 Å². The predicted molar refractivity (Wildman–Crippen MR) is 110 cm³/mol. The number of para-hydroxylation sites is 1. The summed E-state index contributed by atoms with van der Waals surface area (Å²) in [6.07, 6.45) is 1.74. The van der Waals surface area contributed by atoms with Gasteiger partial charge in [-0.2, -0.15) is 0 Å². The fraction of sp³-hybridized carbons (Fsp3) is 0.200. The monoisotopic (exact) mass is 402 g/mol. The topological polar surface area (TPSA) is 49.9 Å². The fourth-order valence-electron chi connectivity index (χ4n) is 2.52. The van der Waals surface area contributed by atoms with Gasteiger partial charge in [-0.3, -0.25) is 14.5 Å². The van der Waals surface area contributed by atoms with Crippen LogP contribution < -0.4 is 9.64 Å². The first-order chi connectivity index (χ1) is 13.0. The maximum Gasteiger partial charge on any atom is 0.293 e. The minimum absolute atomic E-state index is 0.173. The molecule has 3 rings (SSSR count). The van der Waals surface area contributed by atoms with Crippen LogP contribution in [0.25, 0.3) is 6.08 Å². The van der Waals surface area contributed by atoms with E-state index in [1.54, 1.807) is 18.2 Å². The molecule has 1 saturated heterocycles. The Bertz CT molecular complexity index is 881. The van der Waals surface area contributed by atoms with Crippen molar-refractivity contribution < 1.29 is 14.3 Å². The second-order valence-corrected chi connectivity index (χ2v) is 7.50. The van der Waals surface area contributed by atoms with Crippen LogP contribution in [-0.2, 0) is 4.79 Å². The van der Waals surface area contributed by atoms with Crippen molar-refractivity contribution in [2.75, 3.05) is 32.1 Å².